The van der Waals surface area contributed by atoms with Crippen LogP contribution in [0, 0.1) is 0 Å². The number of ether oxygens (including phenoxy) is 4. The number of benzene rings is 3. The van der Waals surface area contributed by atoms with Crippen LogP contribution >= 0.6 is 0 Å². The van der Waals surface area contributed by atoms with Crippen molar-refractivity contribution in [2.24, 2.45) is 0 Å². The summed E-state index contributed by atoms with van der Waals surface area (Å²) in [6.07, 6.45) is -6.08. The Bertz CT molecular complexity index is 1790. The molecule has 53 heavy (non-hydrogen) atoms. The second-order valence-electron chi connectivity index (χ2n) is 12.2. The predicted octanol–water partition coefficient (Wildman–Crippen LogP) is 3.32. The summed E-state index contributed by atoms with van der Waals surface area (Å²) in [5.41, 5.74) is 1.32. The number of hydrogen-bond donors (Lipinski definition) is 4. The van der Waals surface area contributed by atoms with E-state index in [2.05, 4.69) is 15.4 Å². The maximum Gasteiger partial charge on any atom is 0.422 e. The molecule has 0 aromatic heterocycles. The molecule has 0 spiro atoms. The monoisotopic (exact) mass is 738 g/mol. The van der Waals surface area contributed by atoms with Gasteiger partial charge in [0.2, 0.25) is 17.6 Å². The third kappa shape index (κ3) is 9.56. The van der Waals surface area contributed by atoms with Crippen LogP contribution in [0.15, 0.2) is 103 Å². The van der Waals surface area contributed by atoms with E-state index in [1.807, 2.05) is 12.1 Å². The topological polar surface area (TPSA) is 170 Å². The fourth-order valence-corrected chi connectivity index (χ4v) is 5.91. The summed E-state index contributed by atoms with van der Waals surface area (Å²) < 4.78 is 61.1. The standard InChI is InChI=1S/C38H37F3N2O10/c1-23(45)32(35(48)42-18-19-44)43-34(47)25-20-29(51-36(49)28-15-9-8-10-24(28)16-17-31(46)50-22-37(39,40)41)33-30(21-25)52-38(53-33,26-11-4-2-5-12-26)27-13-6-3-7-14-27/h2-17,21,23,29-30,32-33,44-45H,18-20,22H2,1H3,(H,42,48)(H,43,47). The van der Waals surface area contributed by atoms with Gasteiger partial charge in [0.25, 0.3) is 0 Å². The van der Waals surface area contributed by atoms with Gasteiger partial charge in [-0.05, 0) is 30.7 Å². The van der Waals surface area contributed by atoms with Crippen LogP contribution in [0.1, 0.15) is 40.4 Å². The number of esters is 2. The Hall–Kier alpha value is -5.35. The smallest absolute Gasteiger partial charge is 0.422 e. The van der Waals surface area contributed by atoms with E-state index in [-0.39, 0.29) is 36.3 Å². The highest BCUT2D eigenvalue weighted by Crippen LogP contribution is 2.47. The zero-order valence-electron chi connectivity index (χ0n) is 28.3. The summed E-state index contributed by atoms with van der Waals surface area (Å²) in [5, 5.41) is 24.3. The van der Waals surface area contributed by atoms with E-state index in [4.69, 9.17) is 19.3 Å². The molecule has 15 heteroatoms. The Morgan fingerprint density at radius 3 is 2.19 bits per heavy atom. The van der Waals surface area contributed by atoms with Crippen LogP contribution in [0.25, 0.3) is 6.08 Å². The Kier molecular flexibility index (Phi) is 12.5. The molecule has 1 aliphatic carbocycles. The summed E-state index contributed by atoms with van der Waals surface area (Å²) in [6.45, 7) is -0.950. The first kappa shape index (κ1) is 38.9. The first-order valence-electron chi connectivity index (χ1n) is 16.6. The number of carbonyl (C=O) groups is 4. The fourth-order valence-electron chi connectivity index (χ4n) is 5.91. The summed E-state index contributed by atoms with van der Waals surface area (Å²) >= 11 is 0. The molecule has 2 aliphatic rings. The van der Waals surface area contributed by atoms with Crippen molar-refractivity contribution in [1.82, 2.24) is 10.6 Å². The molecule has 2 amide bonds. The lowest BCUT2D eigenvalue weighted by atomic mass is 9.91. The number of nitrogens with one attached hydrogen (secondary N) is 2. The van der Waals surface area contributed by atoms with Crippen molar-refractivity contribution in [2.75, 3.05) is 19.8 Å². The number of halogens is 3. The van der Waals surface area contributed by atoms with E-state index < -0.39 is 72.8 Å². The minimum atomic E-state index is -4.72. The molecular weight excluding hydrogens is 701 g/mol. The highest BCUT2D eigenvalue weighted by Gasteiger charge is 2.55. The van der Waals surface area contributed by atoms with E-state index in [0.29, 0.717) is 11.1 Å². The van der Waals surface area contributed by atoms with Gasteiger partial charge in [0.15, 0.2) is 6.61 Å². The first-order valence-corrected chi connectivity index (χ1v) is 16.6. The van der Waals surface area contributed by atoms with Gasteiger partial charge in [0.05, 0.1) is 18.3 Å². The molecule has 0 bridgehead atoms. The summed E-state index contributed by atoms with van der Waals surface area (Å²) in [5.74, 6) is -5.22. The van der Waals surface area contributed by atoms with Crippen molar-refractivity contribution in [1.29, 1.82) is 0 Å². The quantitative estimate of drug-likeness (QED) is 0.151. The Balaban J connectivity index is 1.48. The number of fused-ring (bicyclic) bond motifs is 1. The molecule has 280 valence electrons. The third-order valence-electron chi connectivity index (χ3n) is 8.36. The van der Waals surface area contributed by atoms with Gasteiger partial charge in [-0.25, -0.2) is 9.59 Å². The zero-order valence-corrected chi connectivity index (χ0v) is 28.3. The van der Waals surface area contributed by atoms with Crippen LogP contribution in [-0.4, -0.2) is 90.4 Å². The van der Waals surface area contributed by atoms with Crippen molar-refractivity contribution in [3.05, 3.63) is 125 Å². The molecule has 1 fully saturated rings. The average Bonchev–Trinajstić information content (AvgIpc) is 3.56. The first-order chi connectivity index (χ1) is 25.3. The van der Waals surface area contributed by atoms with E-state index in [1.54, 1.807) is 48.5 Å². The molecule has 0 radical (unpaired) electrons. The molecule has 1 heterocycles. The lowest BCUT2D eigenvalue weighted by molar-refractivity contribution is -0.182. The van der Waals surface area contributed by atoms with Gasteiger partial charge in [0.1, 0.15) is 24.4 Å². The zero-order chi connectivity index (χ0) is 38.2. The largest absolute Gasteiger partial charge is 0.456 e. The lowest BCUT2D eigenvalue weighted by Gasteiger charge is -2.32. The molecule has 1 saturated heterocycles. The van der Waals surface area contributed by atoms with E-state index >= 15 is 0 Å². The molecule has 1 aliphatic heterocycles. The number of alkyl halides is 3. The van der Waals surface area contributed by atoms with Gasteiger partial charge >= 0.3 is 18.1 Å². The number of hydrogen-bond acceptors (Lipinski definition) is 10. The minimum absolute atomic E-state index is 0.0470. The molecule has 0 saturated carbocycles. The Morgan fingerprint density at radius 2 is 1.58 bits per heavy atom. The highest BCUT2D eigenvalue weighted by atomic mass is 19.4. The van der Waals surface area contributed by atoms with Gasteiger partial charge in [-0.15, -0.1) is 0 Å². The van der Waals surface area contributed by atoms with Crippen molar-refractivity contribution in [3.63, 3.8) is 0 Å². The van der Waals surface area contributed by atoms with E-state index in [9.17, 15) is 37.5 Å². The molecule has 12 nitrogen and oxygen atoms in total. The molecule has 3 aromatic rings. The Labute approximate surface area is 302 Å². The van der Waals surface area contributed by atoms with Crippen LogP contribution in [-0.2, 0) is 39.1 Å². The van der Waals surface area contributed by atoms with Gasteiger partial charge < -0.3 is 39.8 Å². The summed E-state index contributed by atoms with van der Waals surface area (Å²) in [7, 11) is 0. The molecule has 5 rings (SSSR count). The van der Waals surface area contributed by atoms with Crippen molar-refractivity contribution in [2.45, 2.75) is 55.8 Å². The van der Waals surface area contributed by atoms with Gasteiger partial charge in [-0.3, -0.25) is 9.59 Å². The molecule has 4 N–H and O–H groups in total. The number of aliphatic hydroxyl groups excluding tert-OH is 2. The third-order valence-corrected chi connectivity index (χ3v) is 8.36. The summed E-state index contributed by atoms with van der Waals surface area (Å²) in [4.78, 5) is 52.2. The molecule has 5 unspecified atom stereocenters. The number of aliphatic hydroxyl groups is 2. The van der Waals surface area contributed by atoms with Gasteiger partial charge in [-0.1, -0.05) is 78.9 Å². The van der Waals surface area contributed by atoms with Crippen LogP contribution < -0.4 is 10.6 Å². The van der Waals surface area contributed by atoms with Gasteiger partial charge in [-0.2, -0.15) is 13.2 Å². The maximum absolute atomic E-state index is 13.8. The number of carbonyl (C=O) groups excluding carboxylic acids is 4. The van der Waals surface area contributed by atoms with Crippen LogP contribution in [0.4, 0.5) is 13.2 Å². The van der Waals surface area contributed by atoms with Crippen molar-refractivity contribution >= 4 is 29.8 Å². The highest BCUT2D eigenvalue weighted by molar-refractivity contribution is 5.98. The van der Waals surface area contributed by atoms with Crippen LogP contribution in [0.5, 0.6) is 0 Å². The minimum Gasteiger partial charge on any atom is -0.456 e. The summed E-state index contributed by atoms with van der Waals surface area (Å²) in [6, 6.07) is 22.5. The van der Waals surface area contributed by atoms with Crippen molar-refractivity contribution < 1.29 is 61.5 Å². The average molecular weight is 739 g/mol. The SMILES string of the molecule is CC(O)C(NC(=O)C1=CC2OC(c3ccccc3)(c3ccccc3)OC2C(OC(=O)c2ccccc2C=CC(=O)OCC(F)(F)F)C1)C(=O)NCCO. The second kappa shape index (κ2) is 17.0. The van der Waals surface area contributed by atoms with Crippen molar-refractivity contribution in [3.8, 4) is 0 Å². The number of rotatable bonds is 13. The second-order valence-corrected chi connectivity index (χ2v) is 12.2. The van der Waals surface area contributed by atoms with Crippen LogP contribution in [0.2, 0.25) is 0 Å². The maximum atomic E-state index is 13.8. The van der Waals surface area contributed by atoms with E-state index in [1.165, 1.54) is 37.3 Å². The fraction of sp³-hybridized carbons (Fsp3) is 0.316. The van der Waals surface area contributed by atoms with Gasteiger partial charge in [0, 0.05) is 35.7 Å². The van der Waals surface area contributed by atoms with Crippen LogP contribution in [0.3, 0.4) is 0 Å². The number of amides is 2. The Morgan fingerprint density at radius 1 is 0.962 bits per heavy atom. The normalized spacial score (nSPS) is 20.4. The molecular formula is C38H37F3N2O10. The predicted molar refractivity (Wildman–Crippen MR) is 182 cm³/mol. The molecule has 5 atom stereocenters. The molecule has 3 aromatic carbocycles. The van der Waals surface area contributed by atoms with E-state index in [0.717, 1.165) is 12.2 Å². The lowest BCUT2D eigenvalue weighted by Crippen LogP contribution is -2.54.